The Morgan fingerprint density at radius 3 is 1.46 bits per heavy atom. The van der Waals surface area contributed by atoms with E-state index < -0.39 is 65.1 Å². The van der Waals surface area contributed by atoms with Crippen molar-refractivity contribution in [1.29, 1.82) is 0 Å². The fourth-order valence-corrected chi connectivity index (χ4v) is 6.74. The first kappa shape index (κ1) is 24.8. The van der Waals surface area contributed by atoms with Gasteiger partial charge < -0.3 is 14.2 Å². The topological polar surface area (TPSA) is 120 Å². The molecule has 200 valence electrons. The Kier molecular flexibility index (Phi) is 5.78. The standard InChI is InChI=1S/C29H26N2O8/c1-4-39-29(36)19-13-18-21-23(27(34)30(25(21)32)14-5-9-16(37-2)10-6-14)20(19)24-22(18)26(33)31(28(24)35)15-7-11-17(38-3)12-8-15/h5-13,18,20-24H,4H2,1-3H3/t18?,20?,21-,22+,23-,24-/m1/s1. The van der Waals surface area contributed by atoms with Gasteiger partial charge in [0.2, 0.25) is 23.6 Å². The highest BCUT2D eigenvalue weighted by Gasteiger charge is 2.71. The third kappa shape index (κ3) is 3.43. The Morgan fingerprint density at radius 2 is 1.08 bits per heavy atom. The summed E-state index contributed by atoms with van der Waals surface area (Å²) in [6, 6.07) is 13.0. The fraction of sp³-hybridized carbons (Fsp3) is 0.345. The number of carbonyl (C=O) groups excluding carboxylic acids is 5. The summed E-state index contributed by atoms with van der Waals surface area (Å²) in [5, 5.41) is 0. The van der Waals surface area contributed by atoms with Crippen LogP contribution >= 0.6 is 0 Å². The molecule has 2 bridgehead atoms. The van der Waals surface area contributed by atoms with Gasteiger partial charge in [0, 0.05) is 17.4 Å². The van der Waals surface area contributed by atoms with Gasteiger partial charge in [-0.1, -0.05) is 6.08 Å². The van der Waals surface area contributed by atoms with Crippen molar-refractivity contribution in [1.82, 2.24) is 0 Å². The second kappa shape index (κ2) is 9.07. The van der Waals surface area contributed by atoms with Gasteiger partial charge in [-0.05, 0) is 55.5 Å². The normalized spacial score (nSPS) is 28.8. The Hall–Kier alpha value is -4.47. The van der Waals surface area contributed by atoms with Crippen LogP contribution in [0.5, 0.6) is 11.5 Å². The first-order valence-electron chi connectivity index (χ1n) is 12.7. The van der Waals surface area contributed by atoms with Crippen LogP contribution in [-0.4, -0.2) is 50.4 Å². The van der Waals surface area contributed by atoms with Gasteiger partial charge in [0.05, 0.1) is 55.9 Å². The van der Waals surface area contributed by atoms with Crippen LogP contribution in [0, 0.1) is 35.5 Å². The van der Waals surface area contributed by atoms with E-state index in [0.717, 1.165) is 9.80 Å². The lowest BCUT2D eigenvalue weighted by Crippen LogP contribution is -2.53. The summed E-state index contributed by atoms with van der Waals surface area (Å²) in [6.45, 7) is 1.77. The van der Waals surface area contributed by atoms with E-state index in [2.05, 4.69) is 0 Å². The summed E-state index contributed by atoms with van der Waals surface area (Å²) in [5.41, 5.74) is 0.903. The number of esters is 1. The number of hydrogen-bond donors (Lipinski definition) is 0. The number of anilines is 2. The molecule has 1 saturated carbocycles. The molecule has 3 fully saturated rings. The second-order valence-electron chi connectivity index (χ2n) is 9.97. The summed E-state index contributed by atoms with van der Waals surface area (Å²) in [7, 11) is 3.02. The van der Waals surface area contributed by atoms with Crippen molar-refractivity contribution >= 4 is 41.0 Å². The van der Waals surface area contributed by atoms with Gasteiger partial charge in [-0.3, -0.25) is 29.0 Å². The van der Waals surface area contributed by atoms with E-state index in [9.17, 15) is 24.0 Å². The quantitative estimate of drug-likeness (QED) is 0.413. The summed E-state index contributed by atoms with van der Waals surface area (Å²) in [4.78, 5) is 70.6. The first-order valence-corrected chi connectivity index (χ1v) is 12.7. The van der Waals surface area contributed by atoms with Gasteiger partial charge in [0.25, 0.3) is 0 Å². The molecule has 0 radical (unpaired) electrons. The molecule has 2 heterocycles. The molecule has 2 saturated heterocycles. The Morgan fingerprint density at radius 1 is 0.667 bits per heavy atom. The third-order valence-electron chi connectivity index (χ3n) is 8.30. The first-order chi connectivity index (χ1) is 18.8. The zero-order valence-electron chi connectivity index (χ0n) is 21.5. The van der Waals surface area contributed by atoms with Crippen LogP contribution in [-0.2, 0) is 28.7 Å². The summed E-state index contributed by atoms with van der Waals surface area (Å²) in [6.07, 6.45) is 1.59. The van der Waals surface area contributed by atoms with Gasteiger partial charge in [0.15, 0.2) is 0 Å². The number of carbonyl (C=O) groups is 5. The van der Waals surface area contributed by atoms with E-state index >= 15 is 0 Å². The molecule has 0 N–H and O–H groups in total. The molecule has 2 unspecified atom stereocenters. The van der Waals surface area contributed by atoms with Crippen molar-refractivity contribution in [3.63, 3.8) is 0 Å². The molecular formula is C29H26N2O8. The van der Waals surface area contributed by atoms with Crippen LogP contribution in [0.2, 0.25) is 0 Å². The minimum atomic E-state index is -0.970. The highest BCUT2D eigenvalue weighted by molar-refractivity contribution is 6.27. The van der Waals surface area contributed by atoms with Crippen molar-refractivity contribution in [3.05, 3.63) is 60.2 Å². The van der Waals surface area contributed by atoms with E-state index in [1.165, 1.54) is 14.2 Å². The maximum absolute atomic E-state index is 13.9. The number of rotatable bonds is 6. The van der Waals surface area contributed by atoms with Gasteiger partial charge in [-0.15, -0.1) is 0 Å². The molecule has 10 heteroatoms. The lowest BCUT2D eigenvalue weighted by atomic mass is 9.52. The lowest BCUT2D eigenvalue weighted by Gasteiger charge is -2.46. The molecule has 2 aliphatic heterocycles. The van der Waals surface area contributed by atoms with Crippen molar-refractivity contribution in [2.45, 2.75) is 6.92 Å². The van der Waals surface area contributed by atoms with Gasteiger partial charge in [0.1, 0.15) is 11.5 Å². The van der Waals surface area contributed by atoms with Gasteiger partial charge >= 0.3 is 5.97 Å². The molecule has 2 aromatic carbocycles. The average molecular weight is 531 g/mol. The number of hydrogen-bond acceptors (Lipinski definition) is 8. The van der Waals surface area contributed by atoms with Crippen molar-refractivity contribution < 1.29 is 38.2 Å². The van der Waals surface area contributed by atoms with Crippen LogP contribution in [0.4, 0.5) is 11.4 Å². The molecule has 39 heavy (non-hydrogen) atoms. The predicted molar refractivity (Wildman–Crippen MR) is 137 cm³/mol. The van der Waals surface area contributed by atoms with Crippen LogP contribution in [0.1, 0.15) is 6.92 Å². The highest BCUT2D eigenvalue weighted by Crippen LogP contribution is 2.61. The number of methoxy groups -OCH3 is 2. The van der Waals surface area contributed by atoms with Gasteiger partial charge in [-0.25, -0.2) is 4.79 Å². The zero-order valence-corrected chi connectivity index (χ0v) is 21.5. The maximum atomic E-state index is 13.9. The SMILES string of the molecule is CCOC(=O)C1=CC2[C@H]3C(=O)N(c4ccc(OC)cc4)C(=O)[C@@H]3C1[C@H]1C(=O)N(c3ccc(OC)cc3)C(=O)[C@@H]21. The van der Waals surface area contributed by atoms with Crippen LogP contribution in [0.3, 0.4) is 0 Å². The van der Waals surface area contributed by atoms with E-state index in [1.807, 2.05) is 0 Å². The zero-order chi connectivity index (χ0) is 27.6. The predicted octanol–water partition coefficient (Wildman–Crippen LogP) is 2.36. The Balaban J connectivity index is 1.43. The van der Waals surface area contributed by atoms with Crippen molar-refractivity contribution in [2.75, 3.05) is 30.6 Å². The molecular weight excluding hydrogens is 504 g/mol. The van der Waals surface area contributed by atoms with Gasteiger partial charge in [-0.2, -0.15) is 0 Å². The second-order valence-corrected chi connectivity index (χ2v) is 9.97. The molecule has 5 aliphatic rings. The maximum Gasteiger partial charge on any atom is 0.334 e. The largest absolute Gasteiger partial charge is 0.497 e. The smallest absolute Gasteiger partial charge is 0.334 e. The molecule has 2 aromatic rings. The van der Waals surface area contributed by atoms with E-state index in [4.69, 9.17) is 14.2 Å². The van der Waals surface area contributed by atoms with E-state index in [-0.39, 0.29) is 12.2 Å². The summed E-state index contributed by atoms with van der Waals surface area (Å²) >= 11 is 0. The number of amides is 4. The number of nitrogens with zero attached hydrogens (tertiary/aromatic N) is 2. The number of ether oxygens (including phenoxy) is 3. The molecule has 0 aromatic heterocycles. The monoisotopic (exact) mass is 530 g/mol. The number of benzene rings is 2. The van der Waals surface area contributed by atoms with E-state index in [0.29, 0.717) is 22.9 Å². The molecule has 3 aliphatic carbocycles. The summed E-state index contributed by atoms with van der Waals surface area (Å²) in [5.74, 6) is -6.90. The van der Waals surface area contributed by atoms with Crippen LogP contribution in [0.25, 0.3) is 0 Å². The Bertz CT molecular complexity index is 1340. The molecule has 0 spiro atoms. The minimum absolute atomic E-state index is 0.103. The highest BCUT2D eigenvalue weighted by atomic mass is 16.5. The molecule has 7 rings (SSSR count). The van der Waals surface area contributed by atoms with Crippen LogP contribution in [0.15, 0.2) is 60.2 Å². The Labute approximate surface area is 224 Å². The van der Waals surface area contributed by atoms with Crippen molar-refractivity contribution in [2.24, 2.45) is 35.5 Å². The van der Waals surface area contributed by atoms with E-state index in [1.54, 1.807) is 61.5 Å². The minimum Gasteiger partial charge on any atom is -0.497 e. The lowest BCUT2D eigenvalue weighted by molar-refractivity contribution is -0.146. The molecule has 10 nitrogen and oxygen atoms in total. The molecule has 4 amide bonds. The fourth-order valence-electron chi connectivity index (χ4n) is 6.74. The average Bonchev–Trinajstić information content (AvgIpc) is 3.39. The number of imide groups is 2. The number of allylic oxidation sites excluding steroid dienone is 1. The molecule has 6 atom stereocenters. The van der Waals surface area contributed by atoms with Crippen molar-refractivity contribution in [3.8, 4) is 11.5 Å². The third-order valence-corrected chi connectivity index (χ3v) is 8.30. The van der Waals surface area contributed by atoms with Crippen LogP contribution < -0.4 is 19.3 Å². The summed E-state index contributed by atoms with van der Waals surface area (Å²) < 4.78 is 15.6.